The number of fused-ring (bicyclic) bond motifs is 1. The van der Waals surface area contributed by atoms with E-state index >= 15 is 0 Å². The lowest BCUT2D eigenvalue weighted by Crippen LogP contribution is -2.35. The Morgan fingerprint density at radius 1 is 1.32 bits per heavy atom. The van der Waals surface area contributed by atoms with E-state index in [9.17, 15) is 14.3 Å². The highest BCUT2D eigenvalue weighted by molar-refractivity contribution is 5.65. The van der Waals surface area contributed by atoms with Crippen LogP contribution in [0.25, 0.3) is 0 Å². The van der Waals surface area contributed by atoms with Gasteiger partial charge in [0.15, 0.2) is 0 Å². The molecule has 0 unspecified atom stereocenters. The van der Waals surface area contributed by atoms with Gasteiger partial charge in [0.2, 0.25) is 0 Å². The summed E-state index contributed by atoms with van der Waals surface area (Å²) in [5.41, 5.74) is 2.11. The first-order valence-electron chi connectivity index (χ1n) is 7.91. The highest BCUT2D eigenvalue weighted by atomic mass is 19.1. The van der Waals surface area contributed by atoms with E-state index in [1.165, 1.54) is 4.90 Å². The van der Waals surface area contributed by atoms with Crippen molar-refractivity contribution in [3.63, 3.8) is 0 Å². The maximum Gasteiger partial charge on any atom is 0.407 e. The predicted octanol–water partition coefficient (Wildman–Crippen LogP) is 2.66. The van der Waals surface area contributed by atoms with E-state index in [-0.39, 0.29) is 5.92 Å². The fraction of sp³-hybridized carbons (Fsp3) is 0.625. The molecule has 1 N–H and O–H groups in total. The Kier molecular flexibility index (Phi) is 4.18. The van der Waals surface area contributed by atoms with E-state index in [4.69, 9.17) is 4.98 Å². The van der Waals surface area contributed by atoms with Gasteiger partial charge in [-0.15, -0.1) is 0 Å². The van der Waals surface area contributed by atoms with Gasteiger partial charge in [-0.3, -0.25) is 0 Å². The molecule has 6 heteroatoms. The normalized spacial score (nSPS) is 23.1. The highest BCUT2D eigenvalue weighted by Gasteiger charge is 2.26. The molecule has 22 heavy (non-hydrogen) atoms. The number of nitrogens with zero attached hydrogens (tertiary/aromatic N) is 3. The molecule has 1 aromatic heterocycles. The van der Waals surface area contributed by atoms with Gasteiger partial charge in [0, 0.05) is 32.1 Å². The van der Waals surface area contributed by atoms with Crippen LogP contribution < -0.4 is 4.90 Å². The molecule has 3 heterocycles. The number of piperidine rings is 1. The van der Waals surface area contributed by atoms with Gasteiger partial charge in [0.05, 0.1) is 5.69 Å². The van der Waals surface area contributed by atoms with Gasteiger partial charge in [-0.05, 0) is 30.9 Å². The Morgan fingerprint density at radius 3 is 2.73 bits per heavy atom. The zero-order valence-corrected chi connectivity index (χ0v) is 12.8. The third kappa shape index (κ3) is 3.00. The molecule has 5 nitrogen and oxygen atoms in total. The summed E-state index contributed by atoms with van der Waals surface area (Å²) in [7, 11) is 0. The zero-order chi connectivity index (χ0) is 15.7. The first-order chi connectivity index (χ1) is 10.5. The van der Waals surface area contributed by atoms with E-state index in [0.717, 1.165) is 17.1 Å². The number of hydrogen-bond donors (Lipinski definition) is 1. The molecule has 1 saturated heterocycles. The van der Waals surface area contributed by atoms with Gasteiger partial charge in [0.1, 0.15) is 12.0 Å². The minimum atomic E-state index is -0.870. The second-order valence-electron chi connectivity index (χ2n) is 6.26. The second kappa shape index (κ2) is 6.10. The van der Waals surface area contributed by atoms with Gasteiger partial charge in [-0.1, -0.05) is 13.0 Å². The lowest BCUT2D eigenvalue weighted by atomic mass is 10.0. The number of anilines is 1. The highest BCUT2D eigenvalue weighted by Crippen LogP contribution is 2.27. The molecule has 0 aliphatic carbocycles. The third-order valence-corrected chi connectivity index (χ3v) is 4.63. The van der Waals surface area contributed by atoms with Gasteiger partial charge in [0.25, 0.3) is 0 Å². The largest absolute Gasteiger partial charge is 0.465 e. The van der Waals surface area contributed by atoms with Crippen molar-refractivity contribution in [2.45, 2.75) is 38.3 Å². The first kappa shape index (κ1) is 15.1. The molecule has 0 radical (unpaired) electrons. The molecule has 1 amide bonds. The molecule has 2 aliphatic rings. The number of halogens is 1. The van der Waals surface area contributed by atoms with Crippen LogP contribution in [0.3, 0.4) is 0 Å². The van der Waals surface area contributed by atoms with Crippen LogP contribution in [-0.4, -0.2) is 53.4 Å². The fourth-order valence-corrected chi connectivity index (χ4v) is 3.32. The van der Waals surface area contributed by atoms with E-state index in [1.54, 1.807) is 0 Å². The molecule has 0 bridgehead atoms. The minimum Gasteiger partial charge on any atom is -0.465 e. The van der Waals surface area contributed by atoms with Gasteiger partial charge >= 0.3 is 6.09 Å². The summed E-state index contributed by atoms with van der Waals surface area (Å²) in [5, 5.41) is 9.21. The Balaban J connectivity index is 1.82. The van der Waals surface area contributed by atoms with E-state index < -0.39 is 12.3 Å². The van der Waals surface area contributed by atoms with Crippen molar-refractivity contribution < 1.29 is 14.3 Å². The number of aromatic nitrogens is 1. The minimum absolute atomic E-state index is 0.0762. The van der Waals surface area contributed by atoms with Crippen LogP contribution in [-0.2, 0) is 6.42 Å². The summed E-state index contributed by atoms with van der Waals surface area (Å²) >= 11 is 0. The summed E-state index contributed by atoms with van der Waals surface area (Å²) in [6.07, 6.45) is 0.249. The Bertz CT molecular complexity index is 558. The molecule has 1 aromatic rings. The molecule has 0 spiro atoms. The van der Waals surface area contributed by atoms with Crippen LogP contribution in [0.4, 0.5) is 15.0 Å². The Hall–Kier alpha value is -1.85. The molecule has 1 fully saturated rings. The number of amides is 1. The first-order valence-corrected chi connectivity index (χ1v) is 7.91. The molecule has 3 rings (SSSR count). The van der Waals surface area contributed by atoms with Gasteiger partial charge < -0.3 is 14.9 Å². The predicted molar refractivity (Wildman–Crippen MR) is 82.3 cm³/mol. The molecule has 0 aromatic carbocycles. The molecule has 120 valence electrons. The maximum absolute atomic E-state index is 13.3. The summed E-state index contributed by atoms with van der Waals surface area (Å²) < 4.78 is 13.3. The quantitative estimate of drug-likeness (QED) is 0.866. The number of pyridine rings is 1. The van der Waals surface area contributed by atoms with Crippen molar-refractivity contribution in [1.29, 1.82) is 0 Å². The molecule has 0 saturated carbocycles. The number of carbonyl (C=O) groups is 1. The molecular weight excluding hydrogens is 285 g/mol. The molecule has 1 atom stereocenters. The van der Waals surface area contributed by atoms with Crippen LogP contribution in [0.15, 0.2) is 12.1 Å². The van der Waals surface area contributed by atoms with Crippen molar-refractivity contribution in [1.82, 2.24) is 9.88 Å². The van der Waals surface area contributed by atoms with Crippen LogP contribution in [0, 0.1) is 0 Å². The van der Waals surface area contributed by atoms with Crippen LogP contribution in [0.5, 0.6) is 0 Å². The maximum atomic E-state index is 13.3. The summed E-state index contributed by atoms with van der Waals surface area (Å²) in [6, 6.07) is 4.04. The van der Waals surface area contributed by atoms with Crippen LogP contribution >= 0.6 is 0 Å². The van der Waals surface area contributed by atoms with Gasteiger partial charge in [-0.2, -0.15) is 0 Å². The number of alkyl halides is 1. The smallest absolute Gasteiger partial charge is 0.407 e. The average Bonchev–Trinajstić information content (AvgIpc) is 2.67. The van der Waals surface area contributed by atoms with Crippen molar-refractivity contribution in [2.75, 3.05) is 31.1 Å². The van der Waals surface area contributed by atoms with Crippen LogP contribution in [0.2, 0.25) is 0 Å². The summed E-state index contributed by atoms with van der Waals surface area (Å²) in [6.45, 7) is 4.40. The number of hydrogen-bond acceptors (Lipinski definition) is 3. The molecular formula is C16H22FN3O2. The van der Waals surface area contributed by atoms with Crippen LogP contribution in [0.1, 0.15) is 36.9 Å². The zero-order valence-electron chi connectivity index (χ0n) is 12.8. The standard InChI is InChI=1S/C16H22FN3O2/c1-11-10-20(16(21)22)7-4-12-2-3-14(18-15(11)12)19-8-5-13(17)6-9-19/h2-3,11,13H,4-10H2,1H3,(H,21,22)/t11-/m0/s1. The lowest BCUT2D eigenvalue weighted by molar-refractivity contribution is 0.144. The van der Waals surface area contributed by atoms with E-state index in [2.05, 4.69) is 11.0 Å². The van der Waals surface area contributed by atoms with Crippen molar-refractivity contribution in [3.05, 3.63) is 23.4 Å². The monoisotopic (exact) mass is 307 g/mol. The van der Waals surface area contributed by atoms with E-state index in [1.807, 2.05) is 13.0 Å². The van der Waals surface area contributed by atoms with Gasteiger partial charge in [-0.25, -0.2) is 14.2 Å². The van der Waals surface area contributed by atoms with E-state index in [0.29, 0.717) is 45.4 Å². The third-order valence-electron chi connectivity index (χ3n) is 4.63. The van der Waals surface area contributed by atoms with Crippen molar-refractivity contribution in [3.8, 4) is 0 Å². The topological polar surface area (TPSA) is 56.7 Å². The number of carboxylic acid groups (broad SMARTS) is 1. The Labute approximate surface area is 129 Å². The van der Waals surface area contributed by atoms with Crippen molar-refractivity contribution in [2.24, 2.45) is 0 Å². The fourth-order valence-electron chi connectivity index (χ4n) is 3.32. The SMILES string of the molecule is C[C@H]1CN(C(=O)O)CCc2ccc(N3CCC(F)CC3)nc21. The Morgan fingerprint density at radius 2 is 2.05 bits per heavy atom. The number of rotatable bonds is 1. The summed E-state index contributed by atoms with van der Waals surface area (Å²) in [4.78, 5) is 19.6. The lowest BCUT2D eigenvalue weighted by Gasteiger charge is -2.30. The second-order valence-corrected chi connectivity index (χ2v) is 6.26. The average molecular weight is 307 g/mol. The molecule has 2 aliphatic heterocycles. The van der Waals surface area contributed by atoms with Crippen molar-refractivity contribution >= 4 is 11.9 Å². The summed E-state index contributed by atoms with van der Waals surface area (Å²) in [5.74, 6) is 0.966.